The first-order chi connectivity index (χ1) is 11.7. The minimum absolute atomic E-state index is 0.00773. The molecular weight excluding hydrogens is 354 g/mol. The summed E-state index contributed by atoms with van der Waals surface area (Å²) < 4.78 is 55.9. The molecule has 0 aliphatic rings. The van der Waals surface area contributed by atoms with Gasteiger partial charge in [-0.2, -0.15) is 8.78 Å². The van der Waals surface area contributed by atoms with Gasteiger partial charge in [0.05, 0.1) is 4.90 Å². The van der Waals surface area contributed by atoms with Crippen LogP contribution < -0.4 is 14.8 Å². The van der Waals surface area contributed by atoms with Crippen molar-refractivity contribution in [3.05, 3.63) is 48.0 Å². The number of aryl methyl sites for hydroxylation is 1. The summed E-state index contributed by atoms with van der Waals surface area (Å²) in [6, 6.07) is 9.57. The number of alkyl halides is 2. The van der Waals surface area contributed by atoms with Crippen molar-refractivity contribution in [3.8, 4) is 5.75 Å². The summed E-state index contributed by atoms with van der Waals surface area (Å²) in [5, 5.41) is 2.52. The highest BCUT2D eigenvalue weighted by Gasteiger charge is 2.18. The lowest BCUT2D eigenvalue weighted by molar-refractivity contribution is -0.114. The van der Waals surface area contributed by atoms with Crippen molar-refractivity contribution in [2.75, 3.05) is 10.0 Å². The maximum Gasteiger partial charge on any atom is 0.387 e. The summed E-state index contributed by atoms with van der Waals surface area (Å²) in [5.41, 5.74) is 1.02. The van der Waals surface area contributed by atoms with E-state index in [-0.39, 0.29) is 22.2 Å². The molecule has 6 nitrogen and oxygen atoms in total. The number of carbonyl (C=O) groups excluding carboxylic acids is 1. The van der Waals surface area contributed by atoms with Gasteiger partial charge in [0.1, 0.15) is 5.75 Å². The van der Waals surface area contributed by atoms with Gasteiger partial charge in [-0.25, -0.2) is 8.42 Å². The molecule has 0 aliphatic heterocycles. The van der Waals surface area contributed by atoms with Gasteiger partial charge < -0.3 is 10.1 Å². The highest BCUT2D eigenvalue weighted by Crippen LogP contribution is 2.24. The Bertz CT molecular complexity index is 868. The second kappa shape index (κ2) is 7.47. The van der Waals surface area contributed by atoms with E-state index in [4.69, 9.17) is 0 Å². The second-order valence-corrected chi connectivity index (χ2v) is 6.82. The van der Waals surface area contributed by atoms with E-state index >= 15 is 0 Å². The van der Waals surface area contributed by atoms with Crippen molar-refractivity contribution in [3.63, 3.8) is 0 Å². The molecular formula is C16H16F2N2O4S. The number of amides is 1. The van der Waals surface area contributed by atoms with Gasteiger partial charge in [0.25, 0.3) is 10.0 Å². The molecule has 0 saturated heterocycles. The smallest absolute Gasteiger partial charge is 0.387 e. The Morgan fingerprint density at radius 2 is 1.68 bits per heavy atom. The normalized spacial score (nSPS) is 11.2. The Hall–Kier alpha value is -2.68. The van der Waals surface area contributed by atoms with Crippen molar-refractivity contribution in [1.82, 2.24) is 0 Å². The van der Waals surface area contributed by atoms with E-state index in [2.05, 4.69) is 14.8 Å². The third-order valence-electron chi connectivity index (χ3n) is 3.13. The van der Waals surface area contributed by atoms with Crippen LogP contribution in [-0.2, 0) is 14.8 Å². The SMILES string of the molecule is CC(=O)Nc1ccc(C)c(S(=O)(=O)Nc2ccc(OC(F)F)cc2)c1. The number of halogens is 2. The number of hydrogen-bond acceptors (Lipinski definition) is 4. The topological polar surface area (TPSA) is 84.5 Å². The van der Waals surface area contributed by atoms with Gasteiger partial charge in [0.15, 0.2) is 0 Å². The number of carbonyl (C=O) groups is 1. The third-order valence-corrected chi connectivity index (χ3v) is 4.65. The van der Waals surface area contributed by atoms with E-state index in [1.165, 1.54) is 37.3 Å². The zero-order chi connectivity index (χ0) is 18.6. The molecule has 0 aromatic heterocycles. The van der Waals surface area contributed by atoms with Gasteiger partial charge in [-0.1, -0.05) is 6.07 Å². The summed E-state index contributed by atoms with van der Waals surface area (Å²) in [5.74, 6) is -0.406. The minimum Gasteiger partial charge on any atom is -0.435 e. The van der Waals surface area contributed by atoms with E-state index in [1.807, 2.05) is 0 Å². The molecule has 0 unspecified atom stereocenters. The highest BCUT2D eigenvalue weighted by atomic mass is 32.2. The van der Waals surface area contributed by atoms with E-state index in [9.17, 15) is 22.0 Å². The quantitative estimate of drug-likeness (QED) is 0.817. The molecule has 0 bridgehead atoms. The van der Waals surface area contributed by atoms with Crippen LogP contribution in [0, 0.1) is 6.92 Å². The predicted octanol–water partition coefficient (Wildman–Crippen LogP) is 3.36. The van der Waals surface area contributed by atoms with Crippen molar-refractivity contribution in [2.24, 2.45) is 0 Å². The van der Waals surface area contributed by atoms with Crippen LogP contribution in [0.5, 0.6) is 5.75 Å². The van der Waals surface area contributed by atoms with Gasteiger partial charge in [-0.05, 0) is 48.9 Å². The molecule has 0 fully saturated rings. The lowest BCUT2D eigenvalue weighted by Crippen LogP contribution is -2.15. The lowest BCUT2D eigenvalue weighted by Gasteiger charge is -2.13. The van der Waals surface area contributed by atoms with Gasteiger partial charge in [-0.15, -0.1) is 0 Å². The van der Waals surface area contributed by atoms with Crippen molar-refractivity contribution >= 4 is 27.3 Å². The average molecular weight is 370 g/mol. The lowest BCUT2D eigenvalue weighted by atomic mass is 10.2. The van der Waals surface area contributed by atoms with E-state index in [1.54, 1.807) is 19.1 Å². The molecule has 2 aromatic carbocycles. The van der Waals surface area contributed by atoms with Gasteiger partial charge in [0, 0.05) is 18.3 Å². The number of hydrogen-bond donors (Lipinski definition) is 2. The zero-order valence-electron chi connectivity index (χ0n) is 13.4. The third kappa shape index (κ3) is 5.15. The maximum atomic E-state index is 12.5. The van der Waals surface area contributed by atoms with Crippen LogP contribution in [-0.4, -0.2) is 20.9 Å². The van der Waals surface area contributed by atoms with E-state index < -0.39 is 16.6 Å². The molecule has 2 aromatic rings. The minimum atomic E-state index is -3.93. The molecule has 0 spiro atoms. The van der Waals surface area contributed by atoms with Crippen LogP contribution in [0.25, 0.3) is 0 Å². The molecule has 9 heteroatoms. The Balaban J connectivity index is 2.25. The molecule has 0 heterocycles. The molecule has 0 atom stereocenters. The number of anilines is 2. The fourth-order valence-electron chi connectivity index (χ4n) is 2.09. The van der Waals surface area contributed by atoms with Crippen molar-refractivity contribution in [2.45, 2.75) is 25.4 Å². The summed E-state index contributed by atoms with van der Waals surface area (Å²) in [6.07, 6.45) is 0. The van der Waals surface area contributed by atoms with E-state index in [0.717, 1.165) is 0 Å². The van der Waals surface area contributed by atoms with Crippen LogP contribution >= 0.6 is 0 Å². The van der Waals surface area contributed by atoms with Crippen LogP contribution in [0.15, 0.2) is 47.4 Å². The predicted molar refractivity (Wildman–Crippen MR) is 89.4 cm³/mol. The molecule has 0 radical (unpaired) electrons. The molecule has 134 valence electrons. The number of rotatable bonds is 6. The van der Waals surface area contributed by atoms with Crippen LogP contribution in [0.3, 0.4) is 0 Å². The number of sulfonamides is 1. The monoisotopic (exact) mass is 370 g/mol. The molecule has 2 N–H and O–H groups in total. The molecule has 1 amide bonds. The highest BCUT2D eigenvalue weighted by molar-refractivity contribution is 7.92. The standard InChI is InChI=1S/C16H16F2N2O4S/c1-10-3-4-13(19-11(2)21)9-15(10)25(22,23)20-12-5-7-14(8-6-12)24-16(17)18/h3-9,16,20H,1-2H3,(H,19,21). The molecule has 25 heavy (non-hydrogen) atoms. The number of benzene rings is 2. The molecule has 2 rings (SSSR count). The first-order valence-corrected chi connectivity index (χ1v) is 8.61. The second-order valence-electron chi connectivity index (χ2n) is 5.17. The molecule has 0 saturated carbocycles. The van der Waals surface area contributed by atoms with E-state index in [0.29, 0.717) is 11.3 Å². The maximum absolute atomic E-state index is 12.5. The molecule has 0 aliphatic carbocycles. The van der Waals surface area contributed by atoms with Gasteiger partial charge in [-0.3, -0.25) is 9.52 Å². The Labute approximate surface area is 143 Å². The Morgan fingerprint density at radius 3 is 2.24 bits per heavy atom. The zero-order valence-corrected chi connectivity index (χ0v) is 14.2. The Morgan fingerprint density at radius 1 is 1.08 bits per heavy atom. The number of ether oxygens (including phenoxy) is 1. The van der Waals surface area contributed by atoms with Crippen LogP contribution in [0.1, 0.15) is 12.5 Å². The first-order valence-electron chi connectivity index (χ1n) is 7.13. The fraction of sp³-hybridized carbons (Fsp3) is 0.188. The Kier molecular flexibility index (Phi) is 5.58. The van der Waals surface area contributed by atoms with Crippen LogP contribution in [0.4, 0.5) is 20.2 Å². The van der Waals surface area contributed by atoms with Gasteiger partial charge >= 0.3 is 6.61 Å². The summed E-state index contributed by atoms with van der Waals surface area (Å²) in [6.45, 7) is -0.0252. The summed E-state index contributed by atoms with van der Waals surface area (Å²) in [4.78, 5) is 11.1. The summed E-state index contributed by atoms with van der Waals surface area (Å²) in [7, 11) is -3.93. The van der Waals surface area contributed by atoms with Crippen LogP contribution in [0.2, 0.25) is 0 Å². The fourth-order valence-corrected chi connectivity index (χ4v) is 3.42. The number of nitrogens with one attached hydrogen (secondary N) is 2. The van der Waals surface area contributed by atoms with Crippen molar-refractivity contribution < 1.29 is 26.7 Å². The average Bonchev–Trinajstić information content (AvgIpc) is 2.50. The van der Waals surface area contributed by atoms with Crippen molar-refractivity contribution in [1.29, 1.82) is 0 Å². The largest absolute Gasteiger partial charge is 0.435 e. The summed E-state index contributed by atoms with van der Waals surface area (Å²) >= 11 is 0. The first kappa shape index (κ1) is 18.7. The van der Waals surface area contributed by atoms with Gasteiger partial charge in [0.2, 0.25) is 5.91 Å².